The van der Waals surface area contributed by atoms with Crippen molar-refractivity contribution in [1.82, 2.24) is 14.5 Å². The SMILES string of the molecule is COc1ccc(NCc2nccn2Cc2ccccc2)cn1. The maximum Gasteiger partial charge on any atom is 0.213 e. The van der Waals surface area contributed by atoms with Gasteiger partial charge in [-0.3, -0.25) is 0 Å². The highest BCUT2D eigenvalue weighted by Gasteiger charge is 2.04. The Hall–Kier alpha value is -2.82. The van der Waals surface area contributed by atoms with Gasteiger partial charge in [-0.15, -0.1) is 0 Å². The molecule has 0 unspecified atom stereocenters. The second-order valence-electron chi connectivity index (χ2n) is 4.90. The molecule has 3 rings (SSSR count). The van der Waals surface area contributed by atoms with Crippen LogP contribution in [0.4, 0.5) is 5.69 Å². The minimum Gasteiger partial charge on any atom is -0.481 e. The number of aromatic nitrogens is 3. The predicted octanol–water partition coefficient (Wildman–Crippen LogP) is 2.95. The molecule has 0 bridgehead atoms. The molecule has 1 aromatic carbocycles. The van der Waals surface area contributed by atoms with E-state index < -0.39 is 0 Å². The molecule has 0 atom stereocenters. The molecule has 0 aliphatic rings. The van der Waals surface area contributed by atoms with Crippen molar-refractivity contribution in [3.8, 4) is 5.88 Å². The Balaban J connectivity index is 1.64. The Morgan fingerprint density at radius 3 is 2.68 bits per heavy atom. The van der Waals surface area contributed by atoms with E-state index in [0.717, 1.165) is 18.1 Å². The molecule has 1 N–H and O–H groups in total. The van der Waals surface area contributed by atoms with Gasteiger partial charge in [-0.2, -0.15) is 0 Å². The normalized spacial score (nSPS) is 10.4. The van der Waals surface area contributed by atoms with Crippen LogP contribution in [-0.4, -0.2) is 21.6 Å². The van der Waals surface area contributed by atoms with Gasteiger partial charge in [-0.1, -0.05) is 30.3 Å². The molecule has 5 heteroatoms. The number of hydrogen-bond donors (Lipinski definition) is 1. The van der Waals surface area contributed by atoms with E-state index in [-0.39, 0.29) is 0 Å². The summed E-state index contributed by atoms with van der Waals surface area (Å²) in [5.41, 5.74) is 2.20. The topological polar surface area (TPSA) is 52.0 Å². The van der Waals surface area contributed by atoms with Crippen molar-refractivity contribution >= 4 is 5.69 Å². The van der Waals surface area contributed by atoms with E-state index in [9.17, 15) is 0 Å². The fraction of sp³-hybridized carbons (Fsp3) is 0.176. The summed E-state index contributed by atoms with van der Waals surface area (Å²) in [5, 5.41) is 3.32. The molecule has 0 radical (unpaired) electrons. The van der Waals surface area contributed by atoms with Crippen molar-refractivity contribution in [2.24, 2.45) is 0 Å². The highest BCUT2D eigenvalue weighted by atomic mass is 16.5. The molecular weight excluding hydrogens is 276 g/mol. The zero-order valence-electron chi connectivity index (χ0n) is 12.4. The second kappa shape index (κ2) is 6.76. The van der Waals surface area contributed by atoms with Gasteiger partial charge in [-0.25, -0.2) is 9.97 Å². The first-order chi connectivity index (χ1) is 10.8. The highest BCUT2D eigenvalue weighted by Crippen LogP contribution is 2.12. The number of benzene rings is 1. The number of rotatable bonds is 6. The molecule has 2 heterocycles. The molecule has 0 fully saturated rings. The summed E-state index contributed by atoms with van der Waals surface area (Å²) in [5.74, 6) is 1.59. The number of anilines is 1. The summed E-state index contributed by atoms with van der Waals surface area (Å²) in [7, 11) is 1.61. The fourth-order valence-corrected chi connectivity index (χ4v) is 2.22. The Morgan fingerprint density at radius 1 is 1.09 bits per heavy atom. The van der Waals surface area contributed by atoms with Crippen LogP contribution in [0, 0.1) is 0 Å². The first-order valence-electron chi connectivity index (χ1n) is 7.13. The summed E-state index contributed by atoms with van der Waals surface area (Å²) in [6.07, 6.45) is 5.58. The molecule has 5 nitrogen and oxygen atoms in total. The van der Waals surface area contributed by atoms with Crippen molar-refractivity contribution < 1.29 is 4.74 Å². The van der Waals surface area contributed by atoms with Crippen LogP contribution >= 0.6 is 0 Å². The van der Waals surface area contributed by atoms with Gasteiger partial charge in [0.25, 0.3) is 0 Å². The Bertz CT molecular complexity index is 707. The molecule has 22 heavy (non-hydrogen) atoms. The molecular formula is C17H18N4O. The smallest absolute Gasteiger partial charge is 0.213 e. The van der Waals surface area contributed by atoms with Gasteiger partial charge in [0.1, 0.15) is 5.82 Å². The van der Waals surface area contributed by atoms with Crippen molar-refractivity contribution in [2.75, 3.05) is 12.4 Å². The van der Waals surface area contributed by atoms with E-state index in [0.29, 0.717) is 12.4 Å². The maximum absolute atomic E-state index is 5.05. The van der Waals surface area contributed by atoms with Crippen LogP contribution in [0.2, 0.25) is 0 Å². The van der Waals surface area contributed by atoms with Crippen LogP contribution in [0.3, 0.4) is 0 Å². The summed E-state index contributed by atoms with van der Waals surface area (Å²) >= 11 is 0. The summed E-state index contributed by atoms with van der Waals surface area (Å²) in [6, 6.07) is 14.1. The molecule has 0 aliphatic carbocycles. The van der Waals surface area contributed by atoms with Gasteiger partial charge >= 0.3 is 0 Å². The second-order valence-corrected chi connectivity index (χ2v) is 4.90. The van der Waals surface area contributed by atoms with Gasteiger partial charge in [0, 0.05) is 25.0 Å². The van der Waals surface area contributed by atoms with Crippen molar-refractivity contribution in [3.05, 3.63) is 72.4 Å². The van der Waals surface area contributed by atoms with E-state index in [1.54, 1.807) is 13.3 Å². The Kier molecular flexibility index (Phi) is 4.34. The van der Waals surface area contributed by atoms with E-state index in [1.807, 2.05) is 42.7 Å². The number of ether oxygens (including phenoxy) is 1. The lowest BCUT2D eigenvalue weighted by Crippen LogP contribution is -2.09. The Labute approximate surface area is 129 Å². The van der Waals surface area contributed by atoms with Gasteiger partial charge in [-0.05, 0) is 11.6 Å². The fourth-order valence-electron chi connectivity index (χ4n) is 2.22. The first-order valence-corrected chi connectivity index (χ1v) is 7.13. The van der Waals surface area contributed by atoms with Crippen molar-refractivity contribution in [3.63, 3.8) is 0 Å². The minimum absolute atomic E-state index is 0.608. The van der Waals surface area contributed by atoms with Crippen molar-refractivity contribution in [2.45, 2.75) is 13.1 Å². The van der Waals surface area contributed by atoms with Crippen LogP contribution in [-0.2, 0) is 13.1 Å². The average Bonchev–Trinajstić information content (AvgIpc) is 3.01. The monoisotopic (exact) mass is 294 g/mol. The van der Waals surface area contributed by atoms with Crippen molar-refractivity contribution in [1.29, 1.82) is 0 Å². The molecule has 0 saturated carbocycles. The number of hydrogen-bond acceptors (Lipinski definition) is 4. The molecule has 2 aromatic heterocycles. The minimum atomic E-state index is 0.608. The van der Waals surface area contributed by atoms with E-state index >= 15 is 0 Å². The molecule has 3 aromatic rings. The van der Waals surface area contributed by atoms with Gasteiger partial charge in [0.15, 0.2) is 0 Å². The van der Waals surface area contributed by atoms with Gasteiger partial charge < -0.3 is 14.6 Å². The lowest BCUT2D eigenvalue weighted by Gasteiger charge is -2.10. The molecule has 0 amide bonds. The van der Waals surface area contributed by atoms with Crippen LogP contribution in [0.25, 0.3) is 0 Å². The van der Waals surface area contributed by atoms with Crippen LogP contribution in [0.1, 0.15) is 11.4 Å². The molecule has 0 saturated heterocycles. The summed E-state index contributed by atoms with van der Waals surface area (Å²) in [4.78, 5) is 8.59. The molecule has 0 aliphatic heterocycles. The van der Waals surface area contributed by atoms with E-state index in [1.165, 1.54) is 5.56 Å². The first kappa shape index (κ1) is 14.1. The molecule has 0 spiro atoms. The zero-order valence-corrected chi connectivity index (χ0v) is 12.4. The van der Waals surface area contributed by atoms with Crippen LogP contribution in [0.5, 0.6) is 5.88 Å². The quantitative estimate of drug-likeness (QED) is 0.759. The average molecular weight is 294 g/mol. The number of imidazole rings is 1. The third kappa shape index (κ3) is 3.44. The summed E-state index contributed by atoms with van der Waals surface area (Å²) in [6.45, 7) is 1.46. The number of pyridine rings is 1. The third-order valence-corrected chi connectivity index (χ3v) is 3.39. The lowest BCUT2D eigenvalue weighted by atomic mass is 10.2. The van der Waals surface area contributed by atoms with Crippen LogP contribution < -0.4 is 10.1 Å². The largest absolute Gasteiger partial charge is 0.481 e. The lowest BCUT2D eigenvalue weighted by molar-refractivity contribution is 0.398. The highest BCUT2D eigenvalue weighted by molar-refractivity contribution is 5.42. The maximum atomic E-state index is 5.05. The predicted molar refractivity (Wildman–Crippen MR) is 85.9 cm³/mol. The number of nitrogens with one attached hydrogen (secondary N) is 1. The van der Waals surface area contributed by atoms with Gasteiger partial charge in [0.2, 0.25) is 5.88 Å². The summed E-state index contributed by atoms with van der Waals surface area (Å²) < 4.78 is 7.19. The molecule has 112 valence electrons. The van der Waals surface area contributed by atoms with E-state index in [4.69, 9.17) is 4.74 Å². The van der Waals surface area contributed by atoms with Crippen LogP contribution in [0.15, 0.2) is 61.1 Å². The van der Waals surface area contributed by atoms with E-state index in [2.05, 4.69) is 32.0 Å². The van der Waals surface area contributed by atoms with Gasteiger partial charge in [0.05, 0.1) is 25.5 Å². The Morgan fingerprint density at radius 2 is 1.95 bits per heavy atom. The standard InChI is InChI=1S/C17H18N4O/c1-22-17-8-7-15(11-20-17)19-12-16-18-9-10-21(16)13-14-5-3-2-4-6-14/h2-11,19H,12-13H2,1H3. The number of methoxy groups -OCH3 is 1. The number of nitrogens with zero attached hydrogens (tertiary/aromatic N) is 3. The third-order valence-electron chi connectivity index (χ3n) is 3.39. The zero-order chi connectivity index (χ0) is 15.2.